The number of benzene rings is 1. The molecule has 24 heavy (non-hydrogen) atoms. The van der Waals surface area contributed by atoms with Crippen LogP contribution in [0.3, 0.4) is 0 Å². The molecule has 0 saturated heterocycles. The maximum atomic E-state index is 5.99. The standard InChI is InChI=1S/C16H14ClN5O2/c17-11-5-3-9(4-6-11)13-7-22-12(8-23-13)14(19-21-22)15-18-16(24-20-15)10-1-2-10/h3-6,10,13H,1-2,7-8H2. The zero-order valence-electron chi connectivity index (χ0n) is 12.7. The lowest BCUT2D eigenvalue weighted by Gasteiger charge is -2.24. The van der Waals surface area contributed by atoms with Gasteiger partial charge in [-0.05, 0) is 30.5 Å². The summed E-state index contributed by atoms with van der Waals surface area (Å²) in [6.45, 7) is 1.00. The van der Waals surface area contributed by atoms with Gasteiger partial charge in [-0.3, -0.25) is 0 Å². The lowest BCUT2D eigenvalue weighted by molar-refractivity contribution is -0.00111. The van der Waals surface area contributed by atoms with E-state index >= 15 is 0 Å². The second-order valence-electron chi connectivity index (χ2n) is 6.15. The van der Waals surface area contributed by atoms with E-state index in [1.165, 1.54) is 0 Å². The van der Waals surface area contributed by atoms with Crippen LogP contribution in [0.4, 0.5) is 0 Å². The van der Waals surface area contributed by atoms with E-state index in [1.807, 2.05) is 28.9 Å². The van der Waals surface area contributed by atoms with Gasteiger partial charge in [0.25, 0.3) is 0 Å². The van der Waals surface area contributed by atoms with Crippen LogP contribution in [0.5, 0.6) is 0 Å². The molecule has 7 nitrogen and oxygen atoms in total. The van der Waals surface area contributed by atoms with Crippen molar-refractivity contribution in [2.45, 2.75) is 38.0 Å². The van der Waals surface area contributed by atoms with Crippen LogP contribution < -0.4 is 0 Å². The minimum absolute atomic E-state index is 0.0726. The van der Waals surface area contributed by atoms with Gasteiger partial charge >= 0.3 is 0 Å². The van der Waals surface area contributed by atoms with Crippen LogP contribution >= 0.6 is 11.6 Å². The Bertz CT molecular complexity index is 884. The number of halogens is 1. The molecule has 2 aliphatic rings. The summed E-state index contributed by atoms with van der Waals surface area (Å²) >= 11 is 5.94. The number of ether oxygens (including phenoxy) is 1. The highest BCUT2D eigenvalue weighted by Crippen LogP contribution is 2.39. The normalized spacial score (nSPS) is 20.1. The summed E-state index contributed by atoms with van der Waals surface area (Å²) in [6, 6.07) is 7.66. The predicted octanol–water partition coefficient (Wildman–Crippen LogP) is 3.13. The second-order valence-corrected chi connectivity index (χ2v) is 6.58. The first-order valence-electron chi connectivity index (χ1n) is 7.91. The molecule has 0 amide bonds. The third kappa shape index (κ3) is 2.40. The van der Waals surface area contributed by atoms with E-state index in [2.05, 4.69) is 20.5 Å². The molecule has 1 fully saturated rings. The lowest BCUT2D eigenvalue weighted by Crippen LogP contribution is -2.22. The molecule has 122 valence electrons. The topological polar surface area (TPSA) is 78.9 Å². The first-order chi connectivity index (χ1) is 11.8. The molecule has 1 aliphatic heterocycles. The van der Waals surface area contributed by atoms with Crippen LogP contribution in [0.15, 0.2) is 28.8 Å². The van der Waals surface area contributed by atoms with Crippen LogP contribution in [0, 0.1) is 0 Å². The molecule has 1 aliphatic carbocycles. The summed E-state index contributed by atoms with van der Waals surface area (Å²) in [5, 5.41) is 13.2. The fourth-order valence-electron chi connectivity index (χ4n) is 2.89. The summed E-state index contributed by atoms with van der Waals surface area (Å²) in [6.07, 6.45) is 2.16. The average Bonchev–Trinajstić information content (AvgIpc) is 3.19. The largest absolute Gasteiger partial charge is 0.365 e. The minimum Gasteiger partial charge on any atom is -0.365 e. The molecular weight excluding hydrogens is 330 g/mol. The number of aromatic nitrogens is 5. The van der Waals surface area contributed by atoms with Gasteiger partial charge in [0.1, 0.15) is 6.10 Å². The van der Waals surface area contributed by atoms with Gasteiger partial charge in [0, 0.05) is 10.9 Å². The maximum Gasteiger partial charge on any atom is 0.230 e. The Morgan fingerprint density at radius 3 is 2.79 bits per heavy atom. The fraction of sp³-hybridized carbons (Fsp3) is 0.375. The van der Waals surface area contributed by atoms with E-state index in [0.29, 0.717) is 41.5 Å². The molecule has 3 aromatic rings. The van der Waals surface area contributed by atoms with Gasteiger partial charge in [-0.1, -0.05) is 34.1 Å². The van der Waals surface area contributed by atoms with Crippen LogP contribution in [-0.4, -0.2) is 25.1 Å². The molecule has 0 N–H and O–H groups in total. The Hall–Kier alpha value is -2.25. The van der Waals surface area contributed by atoms with E-state index in [4.69, 9.17) is 20.9 Å². The third-order valence-electron chi connectivity index (χ3n) is 4.42. The van der Waals surface area contributed by atoms with Crippen molar-refractivity contribution in [3.05, 3.63) is 46.4 Å². The quantitative estimate of drug-likeness (QED) is 0.727. The fourth-order valence-corrected chi connectivity index (χ4v) is 3.02. The van der Waals surface area contributed by atoms with Gasteiger partial charge in [-0.2, -0.15) is 4.98 Å². The first-order valence-corrected chi connectivity index (χ1v) is 8.29. The van der Waals surface area contributed by atoms with Crippen molar-refractivity contribution in [2.24, 2.45) is 0 Å². The number of hydrogen-bond donors (Lipinski definition) is 0. The van der Waals surface area contributed by atoms with Crippen molar-refractivity contribution in [3.63, 3.8) is 0 Å². The second kappa shape index (κ2) is 5.39. The summed E-state index contributed by atoms with van der Waals surface area (Å²) in [5.74, 6) is 1.61. The highest BCUT2D eigenvalue weighted by atomic mass is 35.5. The third-order valence-corrected chi connectivity index (χ3v) is 4.67. The summed E-state index contributed by atoms with van der Waals surface area (Å²) in [5.41, 5.74) is 2.58. The number of rotatable bonds is 3. The van der Waals surface area contributed by atoms with Crippen LogP contribution in [-0.2, 0) is 17.9 Å². The molecule has 5 rings (SSSR count). The van der Waals surface area contributed by atoms with Crippen molar-refractivity contribution >= 4 is 11.6 Å². The molecule has 1 unspecified atom stereocenters. The zero-order chi connectivity index (χ0) is 16.1. The minimum atomic E-state index is -0.0726. The van der Waals surface area contributed by atoms with Crippen LogP contribution in [0.25, 0.3) is 11.5 Å². The van der Waals surface area contributed by atoms with Crippen molar-refractivity contribution in [1.82, 2.24) is 25.1 Å². The number of fused-ring (bicyclic) bond motifs is 1. The Morgan fingerprint density at radius 2 is 2.00 bits per heavy atom. The van der Waals surface area contributed by atoms with Crippen molar-refractivity contribution in [2.75, 3.05) is 0 Å². The monoisotopic (exact) mass is 343 g/mol. The maximum absolute atomic E-state index is 5.99. The lowest BCUT2D eigenvalue weighted by atomic mass is 10.1. The van der Waals surface area contributed by atoms with Crippen LogP contribution in [0.1, 0.15) is 42.0 Å². The predicted molar refractivity (Wildman–Crippen MR) is 84.3 cm³/mol. The summed E-state index contributed by atoms with van der Waals surface area (Å²) in [7, 11) is 0. The smallest absolute Gasteiger partial charge is 0.230 e. The molecule has 0 radical (unpaired) electrons. The Morgan fingerprint density at radius 1 is 1.17 bits per heavy atom. The van der Waals surface area contributed by atoms with E-state index < -0.39 is 0 Å². The molecule has 0 spiro atoms. The van der Waals surface area contributed by atoms with Gasteiger partial charge in [-0.25, -0.2) is 4.68 Å². The van der Waals surface area contributed by atoms with Crippen LogP contribution in [0.2, 0.25) is 5.02 Å². The molecule has 1 saturated carbocycles. The van der Waals surface area contributed by atoms with Gasteiger partial charge in [0.15, 0.2) is 5.69 Å². The van der Waals surface area contributed by atoms with Crippen molar-refractivity contribution in [3.8, 4) is 11.5 Å². The van der Waals surface area contributed by atoms with Gasteiger partial charge < -0.3 is 9.26 Å². The van der Waals surface area contributed by atoms with Gasteiger partial charge in [0.05, 0.1) is 18.8 Å². The Balaban J connectivity index is 1.41. The van der Waals surface area contributed by atoms with Crippen molar-refractivity contribution < 1.29 is 9.26 Å². The Kier molecular flexibility index (Phi) is 3.17. The van der Waals surface area contributed by atoms with E-state index in [9.17, 15) is 0 Å². The molecule has 1 aromatic carbocycles. The van der Waals surface area contributed by atoms with Gasteiger partial charge in [0.2, 0.25) is 11.7 Å². The Labute approximate surface area is 142 Å². The van der Waals surface area contributed by atoms with E-state index in [0.717, 1.165) is 24.1 Å². The number of hydrogen-bond acceptors (Lipinski definition) is 6. The van der Waals surface area contributed by atoms with E-state index in [1.54, 1.807) is 0 Å². The molecule has 2 aromatic heterocycles. The molecule has 8 heteroatoms. The highest BCUT2D eigenvalue weighted by Gasteiger charge is 2.32. The average molecular weight is 344 g/mol. The highest BCUT2D eigenvalue weighted by molar-refractivity contribution is 6.30. The molecule has 0 bridgehead atoms. The summed E-state index contributed by atoms with van der Waals surface area (Å²) in [4.78, 5) is 4.45. The first kappa shape index (κ1) is 14.1. The molecular formula is C16H14ClN5O2. The van der Waals surface area contributed by atoms with Gasteiger partial charge in [-0.15, -0.1) is 5.10 Å². The van der Waals surface area contributed by atoms with Crippen molar-refractivity contribution in [1.29, 1.82) is 0 Å². The number of nitrogens with zero attached hydrogens (tertiary/aromatic N) is 5. The molecule has 1 atom stereocenters. The molecule has 3 heterocycles. The van der Waals surface area contributed by atoms with E-state index in [-0.39, 0.29) is 6.10 Å². The zero-order valence-corrected chi connectivity index (χ0v) is 13.5. The summed E-state index contributed by atoms with van der Waals surface area (Å²) < 4.78 is 13.2. The SMILES string of the molecule is Clc1ccc(C2Cn3nnc(-c4noc(C5CC5)n4)c3CO2)cc1.